The number of carbonyl (C=O) groups excluding carboxylic acids is 1. The smallest absolute Gasteiger partial charge is 0.222 e. The van der Waals surface area contributed by atoms with E-state index in [1.165, 1.54) is 0 Å². The van der Waals surface area contributed by atoms with Gasteiger partial charge in [0.2, 0.25) is 5.91 Å². The summed E-state index contributed by atoms with van der Waals surface area (Å²) in [6, 6.07) is 10.1. The van der Waals surface area contributed by atoms with E-state index < -0.39 is 0 Å². The van der Waals surface area contributed by atoms with E-state index in [1.54, 1.807) is 4.90 Å². The molecule has 5 nitrogen and oxygen atoms in total. The van der Waals surface area contributed by atoms with Gasteiger partial charge in [-0.2, -0.15) is 5.10 Å². The Balaban J connectivity index is 0.00000312. The SMILES string of the molecule is CC(C)C(N)CCN(C)C(=O)CCc1cnn(-c2ccccc2)c1.Cl. The van der Waals surface area contributed by atoms with E-state index in [0.29, 0.717) is 25.3 Å². The summed E-state index contributed by atoms with van der Waals surface area (Å²) in [6.45, 7) is 4.93. The molecule has 0 bridgehead atoms. The highest BCUT2D eigenvalue weighted by Crippen LogP contribution is 2.10. The molecule has 1 aromatic heterocycles. The zero-order valence-corrected chi connectivity index (χ0v) is 16.1. The summed E-state index contributed by atoms with van der Waals surface area (Å²) < 4.78 is 1.84. The van der Waals surface area contributed by atoms with Crippen LogP contribution in [-0.4, -0.2) is 40.2 Å². The predicted octanol–water partition coefficient (Wildman–Crippen LogP) is 3.06. The first kappa shape index (κ1) is 21.2. The minimum Gasteiger partial charge on any atom is -0.346 e. The van der Waals surface area contributed by atoms with Crippen LogP contribution in [0.25, 0.3) is 5.69 Å². The number of benzene rings is 1. The van der Waals surface area contributed by atoms with Gasteiger partial charge in [0.25, 0.3) is 0 Å². The number of hydrogen-bond acceptors (Lipinski definition) is 3. The molecule has 25 heavy (non-hydrogen) atoms. The Kier molecular flexibility index (Phi) is 8.66. The van der Waals surface area contributed by atoms with Crippen molar-refractivity contribution in [2.24, 2.45) is 11.7 Å². The number of para-hydroxylation sites is 1. The Morgan fingerprint density at radius 3 is 2.60 bits per heavy atom. The maximum atomic E-state index is 12.2. The first-order valence-corrected chi connectivity index (χ1v) is 8.56. The molecule has 138 valence electrons. The van der Waals surface area contributed by atoms with Gasteiger partial charge in [0.1, 0.15) is 0 Å². The average molecular weight is 365 g/mol. The van der Waals surface area contributed by atoms with Gasteiger partial charge in [-0.15, -0.1) is 12.4 Å². The molecule has 0 aliphatic rings. The molecule has 0 aliphatic carbocycles. The van der Waals surface area contributed by atoms with Crippen molar-refractivity contribution in [3.8, 4) is 5.69 Å². The molecule has 0 fully saturated rings. The van der Waals surface area contributed by atoms with Crippen LogP contribution < -0.4 is 5.73 Å². The lowest BCUT2D eigenvalue weighted by Crippen LogP contribution is -2.34. The fourth-order valence-corrected chi connectivity index (χ4v) is 2.45. The maximum Gasteiger partial charge on any atom is 0.222 e. The maximum absolute atomic E-state index is 12.2. The number of halogens is 1. The second kappa shape index (κ2) is 10.2. The number of amides is 1. The zero-order valence-electron chi connectivity index (χ0n) is 15.3. The second-order valence-electron chi connectivity index (χ2n) is 6.64. The minimum atomic E-state index is 0. The van der Waals surface area contributed by atoms with E-state index in [2.05, 4.69) is 18.9 Å². The molecule has 2 aromatic rings. The molecule has 0 saturated heterocycles. The largest absolute Gasteiger partial charge is 0.346 e. The number of nitrogens with two attached hydrogens (primary N) is 1. The standard InChI is InChI=1S/C19H28N4O.ClH/c1-15(2)18(20)11-12-22(3)19(24)10-9-16-13-21-23(14-16)17-7-5-4-6-8-17;/h4-8,13-15,18H,9-12,20H2,1-3H3;1H. The van der Waals surface area contributed by atoms with Crippen molar-refractivity contribution >= 4 is 18.3 Å². The molecular weight excluding hydrogens is 336 g/mol. The molecule has 1 atom stereocenters. The van der Waals surface area contributed by atoms with Crippen molar-refractivity contribution < 1.29 is 4.79 Å². The summed E-state index contributed by atoms with van der Waals surface area (Å²) in [4.78, 5) is 14.0. The lowest BCUT2D eigenvalue weighted by molar-refractivity contribution is -0.129. The van der Waals surface area contributed by atoms with Gasteiger partial charge < -0.3 is 10.6 Å². The zero-order chi connectivity index (χ0) is 17.5. The Morgan fingerprint density at radius 2 is 1.96 bits per heavy atom. The molecule has 0 spiro atoms. The van der Waals surface area contributed by atoms with Crippen LogP contribution in [0.5, 0.6) is 0 Å². The van der Waals surface area contributed by atoms with E-state index in [4.69, 9.17) is 5.73 Å². The van der Waals surface area contributed by atoms with Crippen LogP contribution in [-0.2, 0) is 11.2 Å². The molecular formula is C19H29ClN4O. The first-order chi connectivity index (χ1) is 11.5. The molecule has 0 saturated carbocycles. The van der Waals surface area contributed by atoms with Crippen LogP contribution in [0, 0.1) is 5.92 Å². The normalized spacial score (nSPS) is 11.9. The van der Waals surface area contributed by atoms with E-state index in [1.807, 2.05) is 54.5 Å². The molecule has 1 unspecified atom stereocenters. The summed E-state index contributed by atoms with van der Waals surface area (Å²) in [6.07, 6.45) is 5.85. The van der Waals surface area contributed by atoms with E-state index >= 15 is 0 Å². The van der Waals surface area contributed by atoms with Gasteiger partial charge in [0.15, 0.2) is 0 Å². The Hall–Kier alpha value is -1.85. The van der Waals surface area contributed by atoms with E-state index in [0.717, 1.165) is 17.7 Å². The van der Waals surface area contributed by atoms with E-state index in [-0.39, 0.29) is 24.4 Å². The summed E-state index contributed by atoms with van der Waals surface area (Å²) >= 11 is 0. The highest BCUT2D eigenvalue weighted by Gasteiger charge is 2.13. The van der Waals surface area contributed by atoms with Crippen molar-refractivity contribution in [3.63, 3.8) is 0 Å². The fraction of sp³-hybridized carbons (Fsp3) is 0.474. The van der Waals surface area contributed by atoms with Crippen molar-refractivity contribution in [2.75, 3.05) is 13.6 Å². The summed E-state index contributed by atoms with van der Waals surface area (Å²) in [5.41, 5.74) is 8.13. The van der Waals surface area contributed by atoms with Gasteiger partial charge in [0, 0.05) is 32.3 Å². The monoisotopic (exact) mass is 364 g/mol. The third-order valence-electron chi connectivity index (χ3n) is 4.36. The Morgan fingerprint density at radius 1 is 1.28 bits per heavy atom. The lowest BCUT2D eigenvalue weighted by atomic mass is 10.0. The van der Waals surface area contributed by atoms with Crippen LogP contribution in [0.2, 0.25) is 0 Å². The molecule has 2 rings (SSSR count). The lowest BCUT2D eigenvalue weighted by Gasteiger charge is -2.21. The van der Waals surface area contributed by atoms with Crippen LogP contribution in [0.4, 0.5) is 0 Å². The van der Waals surface area contributed by atoms with Crippen molar-refractivity contribution in [1.82, 2.24) is 14.7 Å². The molecule has 1 amide bonds. The third-order valence-corrected chi connectivity index (χ3v) is 4.36. The van der Waals surface area contributed by atoms with Gasteiger partial charge in [0.05, 0.1) is 11.9 Å². The molecule has 2 N–H and O–H groups in total. The minimum absolute atomic E-state index is 0. The van der Waals surface area contributed by atoms with Crippen molar-refractivity contribution in [3.05, 3.63) is 48.3 Å². The number of carbonyl (C=O) groups is 1. The van der Waals surface area contributed by atoms with Crippen molar-refractivity contribution in [2.45, 2.75) is 39.2 Å². The summed E-state index contributed by atoms with van der Waals surface area (Å²) in [7, 11) is 1.85. The van der Waals surface area contributed by atoms with Crippen LogP contribution >= 0.6 is 12.4 Å². The molecule has 1 heterocycles. The van der Waals surface area contributed by atoms with Crippen LogP contribution in [0.3, 0.4) is 0 Å². The molecule has 0 radical (unpaired) electrons. The predicted molar refractivity (Wildman–Crippen MR) is 104 cm³/mol. The van der Waals surface area contributed by atoms with Crippen molar-refractivity contribution in [1.29, 1.82) is 0 Å². The topological polar surface area (TPSA) is 64.2 Å². The quantitative estimate of drug-likeness (QED) is 0.782. The van der Waals surface area contributed by atoms with Gasteiger partial charge in [-0.1, -0.05) is 32.0 Å². The number of rotatable bonds is 8. The summed E-state index contributed by atoms with van der Waals surface area (Å²) in [5.74, 6) is 0.593. The molecule has 6 heteroatoms. The highest BCUT2D eigenvalue weighted by atomic mass is 35.5. The number of hydrogen-bond donors (Lipinski definition) is 1. The average Bonchev–Trinajstić information content (AvgIpc) is 3.06. The number of aryl methyl sites for hydroxylation is 1. The first-order valence-electron chi connectivity index (χ1n) is 8.56. The molecule has 0 aliphatic heterocycles. The number of nitrogens with zero attached hydrogens (tertiary/aromatic N) is 3. The third kappa shape index (κ3) is 6.52. The second-order valence-corrected chi connectivity index (χ2v) is 6.64. The van der Waals surface area contributed by atoms with Gasteiger partial charge in [-0.3, -0.25) is 4.79 Å². The van der Waals surface area contributed by atoms with Crippen LogP contribution in [0.15, 0.2) is 42.7 Å². The van der Waals surface area contributed by atoms with Crippen LogP contribution in [0.1, 0.15) is 32.3 Å². The summed E-state index contributed by atoms with van der Waals surface area (Å²) in [5, 5.41) is 4.36. The van der Waals surface area contributed by atoms with E-state index in [9.17, 15) is 4.79 Å². The Labute approximate surface area is 156 Å². The number of aromatic nitrogens is 2. The van der Waals surface area contributed by atoms with Gasteiger partial charge in [-0.05, 0) is 36.5 Å². The fourth-order valence-electron chi connectivity index (χ4n) is 2.45. The highest BCUT2D eigenvalue weighted by molar-refractivity contribution is 5.85. The Bertz CT molecular complexity index is 642. The molecule has 1 aromatic carbocycles. The van der Waals surface area contributed by atoms with Gasteiger partial charge in [-0.25, -0.2) is 4.68 Å². The van der Waals surface area contributed by atoms with Gasteiger partial charge >= 0.3 is 0 Å².